The summed E-state index contributed by atoms with van der Waals surface area (Å²) < 4.78 is 46.6. The van der Waals surface area contributed by atoms with E-state index in [1.165, 1.54) is 42.0 Å². The molecule has 0 saturated carbocycles. The van der Waals surface area contributed by atoms with Crippen LogP contribution < -0.4 is 19.0 Å². The van der Waals surface area contributed by atoms with Crippen LogP contribution in [0.5, 0.6) is 17.2 Å². The van der Waals surface area contributed by atoms with Crippen molar-refractivity contribution in [1.82, 2.24) is 5.32 Å². The lowest BCUT2D eigenvalue weighted by molar-refractivity contribution is -0.152. The van der Waals surface area contributed by atoms with E-state index in [2.05, 4.69) is 17.4 Å². The van der Waals surface area contributed by atoms with E-state index >= 15 is 0 Å². The molecule has 9 nitrogen and oxygen atoms in total. The van der Waals surface area contributed by atoms with E-state index in [4.69, 9.17) is 18.4 Å². The number of aryl methyl sites for hydroxylation is 1. The normalized spacial score (nSPS) is 11.7. The zero-order chi connectivity index (χ0) is 30.5. The quantitative estimate of drug-likeness (QED) is 0.0813. The Kier molecular flexibility index (Phi) is 11.2. The first-order valence-electron chi connectivity index (χ1n) is 13.8. The Hall–Kier alpha value is -4.83. The highest BCUT2D eigenvalue weighted by molar-refractivity contribution is 7.87. The molecule has 0 radical (unpaired) electrons. The summed E-state index contributed by atoms with van der Waals surface area (Å²) in [7, 11) is -4.02. The molecule has 4 aromatic rings. The van der Waals surface area contributed by atoms with Crippen molar-refractivity contribution in [3.63, 3.8) is 0 Å². The molecule has 1 amide bonds. The van der Waals surface area contributed by atoms with Crippen LogP contribution in [0.1, 0.15) is 35.7 Å². The summed E-state index contributed by atoms with van der Waals surface area (Å²) in [5.41, 5.74) is 1.59. The summed E-state index contributed by atoms with van der Waals surface area (Å²) in [5, 5.41) is 2.53. The molecule has 0 fully saturated rings. The van der Waals surface area contributed by atoms with Gasteiger partial charge in [-0.3, -0.25) is 4.79 Å². The fourth-order valence-electron chi connectivity index (χ4n) is 4.00. The molecule has 1 unspecified atom stereocenters. The molecule has 10 heteroatoms. The molecule has 0 aromatic heterocycles. The van der Waals surface area contributed by atoms with E-state index in [0.717, 1.165) is 19.3 Å². The van der Waals surface area contributed by atoms with Gasteiger partial charge in [-0.2, -0.15) is 8.42 Å². The number of hydrogen-bond acceptors (Lipinski definition) is 8. The number of unbranched alkanes of at least 4 members (excludes halogenated alkanes) is 1. The Morgan fingerprint density at radius 2 is 1.35 bits per heavy atom. The predicted octanol–water partition coefficient (Wildman–Crippen LogP) is 5.55. The van der Waals surface area contributed by atoms with Gasteiger partial charge < -0.3 is 23.7 Å². The second kappa shape index (κ2) is 15.4. The summed E-state index contributed by atoms with van der Waals surface area (Å²) in [6, 6.07) is 30.2. The minimum absolute atomic E-state index is 0.0128. The van der Waals surface area contributed by atoms with Crippen LogP contribution in [0.25, 0.3) is 0 Å². The number of esters is 1. The molecule has 0 aliphatic rings. The molecule has 4 rings (SSSR count). The number of carbonyl (C=O) groups is 2. The number of amides is 1. The van der Waals surface area contributed by atoms with Gasteiger partial charge in [0, 0.05) is 5.56 Å². The second-order valence-corrected chi connectivity index (χ2v) is 10.9. The SMILES string of the molecule is CCOC(=O)C(NC(=O)c1ccc(OCCCCc2ccccc2)cc1)Oc1ccc(OS(=O)(=O)c2ccccc2)cc1. The Balaban J connectivity index is 1.30. The lowest BCUT2D eigenvalue weighted by atomic mass is 10.1. The van der Waals surface area contributed by atoms with E-state index in [0.29, 0.717) is 17.9 Å². The maximum atomic E-state index is 12.9. The third kappa shape index (κ3) is 9.61. The average Bonchev–Trinajstić information content (AvgIpc) is 3.02. The topological polar surface area (TPSA) is 117 Å². The Morgan fingerprint density at radius 1 is 0.744 bits per heavy atom. The lowest BCUT2D eigenvalue weighted by Crippen LogP contribution is -2.46. The van der Waals surface area contributed by atoms with Crippen LogP contribution in [-0.4, -0.2) is 39.7 Å². The van der Waals surface area contributed by atoms with Crippen molar-refractivity contribution in [2.24, 2.45) is 0 Å². The maximum Gasteiger partial charge on any atom is 0.369 e. The van der Waals surface area contributed by atoms with Gasteiger partial charge in [0.1, 0.15) is 22.1 Å². The highest BCUT2D eigenvalue weighted by Gasteiger charge is 2.25. The van der Waals surface area contributed by atoms with E-state index in [9.17, 15) is 18.0 Å². The number of hydrogen-bond donors (Lipinski definition) is 1. The second-order valence-electron chi connectivity index (χ2n) is 9.36. The van der Waals surface area contributed by atoms with Crippen LogP contribution in [0, 0.1) is 0 Å². The van der Waals surface area contributed by atoms with Gasteiger partial charge >= 0.3 is 16.1 Å². The maximum absolute atomic E-state index is 12.9. The molecule has 4 aromatic carbocycles. The Morgan fingerprint density at radius 3 is 2.00 bits per heavy atom. The molecule has 0 spiro atoms. The standard InChI is InChI=1S/C33H33NO8S/c1-2-39-33(36)32(41-28-20-22-29(23-21-28)42-43(37,38)30-14-7-4-8-15-30)34-31(35)26-16-18-27(19-17-26)40-24-10-9-13-25-11-5-3-6-12-25/h3-8,11-12,14-23,32H,2,9-10,13,24H2,1H3,(H,34,35). The first-order chi connectivity index (χ1) is 20.8. The van der Waals surface area contributed by atoms with Crippen molar-refractivity contribution in [2.75, 3.05) is 13.2 Å². The third-order valence-corrected chi connectivity index (χ3v) is 7.43. The van der Waals surface area contributed by atoms with Crippen LogP contribution in [-0.2, 0) is 26.1 Å². The third-order valence-electron chi connectivity index (χ3n) is 6.17. The minimum atomic E-state index is -4.02. The molecule has 0 heterocycles. The lowest BCUT2D eigenvalue weighted by Gasteiger charge is -2.19. The van der Waals surface area contributed by atoms with E-state index in [1.807, 2.05) is 18.2 Å². The zero-order valence-corrected chi connectivity index (χ0v) is 24.5. The van der Waals surface area contributed by atoms with Crippen molar-refractivity contribution in [3.8, 4) is 17.2 Å². The van der Waals surface area contributed by atoms with Crippen LogP contribution >= 0.6 is 0 Å². The number of ether oxygens (including phenoxy) is 3. The fraction of sp³-hybridized carbons (Fsp3) is 0.212. The molecule has 0 saturated heterocycles. The molecule has 1 N–H and O–H groups in total. The summed E-state index contributed by atoms with van der Waals surface area (Å²) in [6.07, 6.45) is 1.43. The Bertz CT molecular complexity index is 1560. The molecular weight excluding hydrogens is 570 g/mol. The average molecular weight is 604 g/mol. The highest BCUT2D eigenvalue weighted by atomic mass is 32.2. The minimum Gasteiger partial charge on any atom is -0.494 e. The van der Waals surface area contributed by atoms with Crippen molar-refractivity contribution in [3.05, 3.63) is 120 Å². The molecule has 1 atom stereocenters. The smallest absolute Gasteiger partial charge is 0.369 e. The number of benzene rings is 4. The summed E-state index contributed by atoms with van der Waals surface area (Å²) >= 11 is 0. The van der Waals surface area contributed by atoms with Gasteiger partial charge in [0.05, 0.1) is 13.2 Å². The van der Waals surface area contributed by atoms with E-state index in [-0.39, 0.29) is 23.0 Å². The Labute approximate surface area is 251 Å². The largest absolute Gasteiger partial charge is 0.494 e. The van der Waals surface area contributed by atoms with E-state index < -0.39 is 28.2 Å². The van der Waals surface area contributed by atoms with Gasteiger partial charge in [0.25, 0.3) is 12.1 Å². The molecule has 224 valence electrons. The number of nitrogens with one attached hydrogen (secondary N) is 1. The first-order valence-corrected chi connectivity index (χ1v) is 15.3. The van der Waals surface area contributed by atoms with Crippen LogP contribution in [0.3, 0.4) is 0 Å². The zero-order valence-electron chi connectivity index (χ0n) is 23.7. The molecule has 43 heavy (non-hydrogen) atoms. The van der Waals surface area contributed by atoms with Gasteiger partial charge in [-0.15, -0.1) is 0 Å². The molecule has 0 bridgehead atoms. The monoisotopic (exact) mass is 603 g/mol. The van der Waals surface area contributed by atoms with Gasteiger partial charge in [-0.25, -0.2) is 4.79 Å². The summed E-state index contributed by atoms with van der Waals surface area (Å²) in [4.78, 5) is 25.5. The van der Waals surface area contributed by atoms with Crippen molar-refractivity contribution in [1.29, 1.82) is 0 Å². The van der Waals surface area contributed by atoms with Crippen molar-refractivity contribution in [2.45, 2.75) is 37.3 Å². The van der Waals surface area contributed by atoms with Gasteiger partial charge in [0.15, 0.2) is 0 Å². The van der Waals surface area contributed by atoms with Crippen LogP contribution in [0.2, 0.25) is 0 Å². The molecule has 0 aliphatic carbocycles. The van der Waals surface area contributed by atoms with Crippen molar-refractivity contribution < 1.29 is 36.4 Å². The van der Waals surface area contributed by atoms with Gasteiger partial charge in [0.2, 0.25) is 0 Å². The van der Waals surface area contributed by atoms with Crippen LogP contribution in [0.15, 0.2) is 114 Å². The van der Waals surface area contributed by atoms with Gasteiger partial charge in [-0.1, -0.05) is 48.5 Å². The fourth-order valence-corrected chi connectivity index (χ4v) is 4.95. The number of carbonyl (C=O) groups excluding carboxylic acids is 2. The number of rotatable bonds is 15. The molecule has 0 aliphatic heterocycles. The van der Waals surface area contributed by atoms with Crippen molar-refractivity contribution >= 4 is 22.0 Å². The summed E-state index contributed by atoms with van der Waals surface area (Å²) in [5.74, 6) is -0.490. The first kappa shape index (κ1) is 31.1. The molecular formula is C33H33NO8S. The highest BCUT2D eigenvalue weighted by Crippen LogP contribution is 2.23. The summed E-state index contributed by atoms with van der Waals surface area (Å²) in [6.45, 7) is 2.27. The van der Waals surface area contributed by atoms with Gasteiger partial charge in [-0.05, 0) is 92.4 Å². The van der Waals surface area contributed by atoms with E-state index in [1.54, 1.807) is 49.4 Å². The van der Waals surface area contributed by atoms with Crippen LogP contribution in [0.4, 0.5) is 0 Å². The predicted molar refractivity (Wildman–Crippen MR) is 161 cm³/mol.